The zero-order chi connectivity index (χ0) is 4.12. The second-order valence-electron chi connectivity index (χ2n) is 0.313. The van der Waals surface area contributed by atoms with Crippen molar-refractivity contribution in [3.8, 4) is 0 Å². The minimum atomic E-state index is -0.216. The molecule has 0 aromatic rings. The molecule has 5 heavy (non-hydrogen) atoms. The van der Waals surface area contributed by atoms with Gasteiger partial charge in [-0.3, -0.25) is 9.52 Å². The molecule has 1 N–H and O–H groups in total. The molecule has 0 atom stereocenters. The number of hydrogen-bond acceptors (Lipinski definition) is 2. The molecule has 0 rings (SSSR count). The van der Waals surface area contributed by atoms with Gasteiger partial charge in [0.15, 0.2) is 12.3 Å². The van der Waals surface area contributed by atoms with Gasteiger partial charge in [-0.1, -0.05) is 0 Å². The lowest BCUT2D eigenvalue weighted by Gasteiger charge is -1.71. The van der Waals surface area contributed by atoms with E-state index in [2.05, 4.69) is 0 Å². The third kappa shape index (κ3) is 3.75. The first-order valence-corrected chi connectivity index (χ1v) is 1.60. The fourth-order valence-electron chi connectivity index (χ4n) is 0.0182. The van der Waals surface area contributed by atoms with Crippen molar-refractivity contribution in [3.63, 3.8) is 0 Å². The van der Waals surface area contributed by atoms with Gasteiger partial charge in [0.2, 0.25) is 6.41 Å². The summed E-state index contributed by atoms with van der Waals surface area (Å²) in [5.41, 5.74) is 0. The maximum Gasteiger partial charge on any atom is 0.218 e. The molecule has 0 aliphatic heterocycles. The van der Waals surface area contributed by atoms with Crippen molar-refractivity contribution in [2.75, 3.05) is 0 Å². The summed E-state index contributed by atoms with van der Waals surface area (Å²) < 4.78 is 12.2. The molecule has 30 valence electrons. The number of nitrogens with one attached hydrogen (secondary N) is 1. The van der Waals surface area contributed by atoms with Gasteiger partial charge in [0.1, 0.15) is 0 Å². The Morgan fingerprint density at radius 2 is 2.60 bits per heavy atom. The first kappa shape index (κ1) is 4.75. The monoisotopic (exact) mass is 95.0 g/mol. The van der Waals surface area contributed by atoms with Gasteiger partial charge < -0.3 is 0 Å². The summed E-state index contributed by atoms with van der Waals surface area (Å²) in [5.74, 6) is 0. The van der Waals surface area contributed by atoms with E-state index in [4.69, 9.17) is 4.79 Å². The second-order valence-corrected chi connectivity index (χ2v) is 0.703. The Morgan fingerprint density at radius 3 is 2.60 bits per heavy atom. The molecule has 0 aromatic heterocycles. The smallest absolute Gasteiger partial charge is 0.218 e. The van der Waals surface area contributed by atoms with Crippen molar-refractivity contribution in [1.29, 1.82) is 0 Å². The largest absolute Gasteiger partial charge is 0.278 e. The predicted molar refractivity (Wildman–Crippen MR) is 17.9 cm³/mol. The number of carbonyl (C=O) groups is 1. The van der Waals surface area contributed by atoms with Crippen molar-refractivity contribution in [3.05, 3.63) is 0 Å². The normalized spacial score (nSPS) is 6.60. The molecule has 0 radical (unpaired) electrons. The molecule has 0 fully saturated rings. The van der Waals surface area contributed by atoms with E-state index >= 15 is 0 Å². The van der Waals surface area contributed by atoms with Crippen LogP contribution >= 0.6 is 12.3 Å². The highest BCUT2D eigenvalue weighted by Gasteiger charge is 1.65. The fourth-order valence-corrected chi connectivity index (χ4v) is 0.0546. The second kappa shape index (κ2) is 3.75. The minimum Gasteiger partial charge on any atom is -0.278 e. The first-order chi connectivity index (χ1) is 2.41. The van der Waals surface area contributed by atoms with Crippen LogP contribution < -0.4 is 4.72 Å². The highest BCUT2D eigenvalue weighted by atomic mass is 32.2. The van der Waals surface area contributed by atoms with Crippen molar-refractivity contribution in [2.45, 2.75) is 0 Å². The predicted octanol–water partition coefficient (Wildman–Crippen LogP) is 0.265. The van der Waals surface area contributed by atoms with Crippen LogP contribution in [0.25, 0.3) is 0 Å². The van der Waals surface area contributed by atoms with Crippen LogP contribution in [0, 0.1) is 0 Å². The molecule has 4 heteroatoms. The Bertz CT molecular complexity index is 32.8. The lowest BCUT2D eigenvalue weighted by Crippen LogP contribution is -1.92. The van der Waals surface area contributed by atoms with E-state index in [9.17, 15) is 3.89 Å². The number of amides is 1. The van der Waals surface area contributed by atoms with Crippen molar-refractivity contribution in [2.24, 2.45) is 0 Å². The maximum atomic E-state index is 10.6. The van der Waals surface area contributed by atoms with Crippen molar-refractivity contribution < 1.29 is 8.68 Å². The summed E-state index contributed by atoms with van der Waals surface area (Å²) in [7, 11) is 0. The lowest BCUT2D eigenvalue weighted by molar-refractivity contribution is -0.107. The third-order valence-electron chi connectivity index (χ3n) is 0.0927. The van der Waals surface area contributed by atoms with E-state index in [1.54, 1.807) is 4.72 Å². The summed E-state index contributed by atoms with van der Waals surface area (Å²) in [6.07, 6.45) is 0.269. The zero-order valence-corrected chi connectivity index (χ0v) is 3.09. The first-order valence-electron chi connectivity index (χ1n) is 0.883. The quantitative estimate of drug-likeness (QED) is 0.394. The summed E-state index contributed by atoms with van der Waals surface area (Å²) in [4.78, 5) is 9.03. The van der Waals surface area contributed by atoms with E-state index in [1.165, 1.54) is 0 Å². The van der Waals surface area contributed by atoms with Crippen LogP contribution in [0.4, 0.5) is 3.89 Å². The average Bonchev–Trinajstić information content (AvgIpc) is 1.41. The summed E-state index contributed by atoms with van der Waals surface area (Å²) in [6.45, 7) is 0. The molecule has 0 aromatic carbocycles. The van der Waals surface area contributed by atoms with Crippen LogP contribution in [0.5, 0.6) is 0 Å². The van der Waals surface area contributed by atoms with Gasteiger partial charge in [-0.25, -0.2) is 0 Å². The highest BCUT2D eigenvalue weighted by molar-refractivity contribution is 7.92. The Balaban J connectivity index is 2.40. The van der Waals surface area contributed by atoms with Crippen LogP contribution in [0.15, 0.2) is 0 Å². The molecule has 0 spiro atoms. The summed E-state index contributed by atoms with van der Waals surface area (Å²) in [5, 5.41) is 0. The molecular weight excluding hydrogens is 93.1 g/mol. The lowest BCUT2D eigenvalue weighted by atomic mass is 11.5. The molecule has 1 amide bonds. The molecule has 0 saturated carbocycles. The Morgan fingerprint density at radius 1 is 2.00 bits per heavy atom. The van der Waals surface area contributed by atoms with E-state index in [0.29, 0.717) is 0 Å². The summed E-state index contributed by atoms with van der Waals surface area (Å²) >= 11 is -0.216. The van der Waals surface area contributed by atoms with Gasteiger partial charge in [-0.15, -0.1) is 3.89 Å². The number of carbonyl (C=O) groups excluding carboxylic acids is 1. The van der Waals surface area contributed by atoms with Crippen LogP contribution in [0.1, 0.15) is 0 Å². The fraction of sp³-hybridized carbons (Fsp3) is 0. The molecular formula is CH2FNOS. The van der Waals surface area contributed by atoms with Crippen molar-refractivity contribution >= 4 is 18.7 Å². The van der Waals surface area contributed by atoms with Crippen LogP contribution in [-0.4, -0.2) is 6.41 Å². The standard InChI is InChI=1S/CH2FNOS/c2-5-3-1-4/h1H,(H,3,4). The van der Waals surface area contributed by atoms with Crippen LogP contribution in [-0.2, 0) is 4.79 Å². The zero-order valence-electron chi connectivity index (χ0n) is 2.27. The molecule has 2 nitrogen and oxygen atoms in total. The van der Waals surface area contributed by atoms with Gasteiger partial charge in [-0.2, -0.15) is 0 Å². The molecule has 0 aliphatic carbocycles. The SMILES string of the molecule is O=CNSF. The summed E-state index contributed by atoms with van der Waals surface area (Å²) in [6, 6.07) is 0. The van der Waals surface area contributed by atoms with Crippen LogP contribution in [0.3, 0.4) is 0 Å². The molecule has 0 heterocycles. The number of rotatable bonds is 2. The highest BCUT2D eigenvalue weighted by Crippen LogP contribution is 1.85. The van der Waals surface area contributed by atoms with E-state index in [1.807, 2.05) is 0 Å². The Hall–Kier alpha value is -0.250. The molecule has 0 unspecified atom stereocenters. The van der Waals surface area contributed by atoms with E-state index < -0.39 is 0 Å². The van der Waals surface area contributed by atoms with Gasteiger partial charge in [0, 0.05) is 0 Å². The molecule has 0 saturated heterocycles. The minimum absolute atomic E-state index is 0.216. The van der Waals surface area contributed by atoms with Crippen LogP contribution in [0.2, 0.25) is 0 Å². The van der Waals surface area contributed by atoms with Gasteiger partial charge in [0.05, 0.1) is 0 Å². The Labute approximate surface area is 33.2 Å². The third-order valence-corrected chi connectivity index (χ3v) is 0.278. The maximum absolute atomic E-state index is 10.6. The number of hydrogen-bond donors (Lipinski definition) is 1. The average molecular weight is 95.1 g/mol. The molecule has 0 bridgehead atoms. The topological polar surface area (TPSA) is 29.1 Å². The van der Waals surface area contributed by atoms with Gasteiger partial charge in [-0.05, 0) is 0 Å². The molecule has 0 aliphatic rings. The van der Waals surface area contributed by atoms with E-state index in [0.717, 1.165) is 0 Å². The van der Waals surface area contributed by atoms with Gasteiger partial charge >= 0.3 is 0 Å². The van der Waals surface area contributed by atoms with Crippen molar-refractivity contribution in [1.82, 2.24) is 4.72 Å². The number of halogens is 1. The Kier molecular flexibility index (Phi) is 3.56. The van der Waals surface area contributed by atoms with E-state index in [-0.39, 0.29) is 18.7 Å². The van der Waals surface area contributed by atoms with Gasteiger partial charge in [0.25, 0.3) is 0 Å².